The van der Waals surface area contributed by atoms with E-state index in [4.69, 9.17) is 0 Å². The van der Waals surface area contributed by atoms with Gasteiger partial charge in [0.05, 0.1) is 0 Å². The van der Waals surface area contributed by atoms with Crippen molar-refractivity contribution in [1.82, 2.24) is 10.2 Å². The van der Waals surface area contributed by atoms with E-state index in [-0.39, 0.29) is 18.9 Å². The van der Waals surface area contributed by atoms with E-state index in [2.05, 4.69) is 12.2 Å². The van der Waals surface area contributed by atoms with Crippen LogP contribution in [0.2, 0.25) is 0 Å². The zero-order chi connectivity index (χ0) is 12.5. The predicted molar refractivity (Wildman–Crippen MR) is 60.9 cm³/mol. The Balaban J connectivity index is 1.93. The van der Waals surface area contributed by atoms with Gasteiger partial charge in [-0.15, -0.1) is 0 Å². The fraction of sp³-hybridized carbons (Fsp3) is 1.00. The smallest absolute Gasteiger partial charge is 0.313 e. The second-order valence-electron chi connectivity index (χ2n) is 5.27. The summed E-state index contributed by atoms with van der Waals surface area (Å²) in [5.41, 5.74) is -1.47. The van der Waals surface area contributed by atoms with Crippen LogP contribution in [0.25, 0.3) is 0 Å². The molecule has 1 atom stereocenters. The molecule has 0 aromatic rings. The number of nitrogens with zero attached hydrogens (tertiary/aromatic N) is 1. The van der Waals surface area contributed by atoms with Crippen LogP contribution in [0.1, 0.15) is 39.0 Å². The summed E-state index contributed by atoms with van der Waals surface area (Å²) in [6.45, 7) is 4.13. The molecular weight excluding hydrogens is 229 g/mol. The lowest BCUT2D eigenvalue weighted by atomic mass is 10.0. The van der Waals surface area contributed by atoms with Gasteiger partial charge >= 0.3 is 6.18 Å². The minimum Gasteiger partial charge on any atom is -0.313 e. The molecule has 2 fully saturated rings. The maximum atomic E-state index is 13.0. The molecule has 17 heavy (non-hydrogen) atoms. The van der Waals surface area contributed by atoms with Crippen molar-refractivity contribution in [1.29, 1.82) is 0 Å². The molecule has 100 valence electrons. The molecule has 1 saturated heterocycles. The van der Waals surface area contributed by atoms with Crippen molar-refractivity contribution < 1.29 is 13.2 Å². The van der Waals surface area contributed by atoms with Crippen molar-refractivity contribution in [2.45, 2.75) is 56.8 Å². The average Bonchev–Trinajstić information content (AvgIpc) is 3.07. The topological polar surface area (TPSA) is 15.3 Å². The minimum atomic E-state index is -4.06. The number of likely N-dealkylation sites (tertiary alicyclic amines) is 1. The number of hydrogen-bond acceptors (Lipinski definition) is 2. The van der Waals surface area contributed by atoms with Crippen molar-refractivity contribution in [2.75, 3.05) is 19.6 Å². The van der Waals surface area contributed by atoms with Gasteiger partial charge in [0, 0.05) is 12.6 Å². The Kier molecular flexibility index (Phi) is 3.69. The monoisotopic (exact) mass is 250 g/mol. The van der Waals surface area contributed by atoms with E-state index in [1.165, 1.54) is 0 Å². The van der Waals surface area contributed by atoms with Crippen LogP contribution in [0, 0.1) is 0 Å². The molecule has 1 N–H and O–H groups in total. The molecule has 0 amide bonds. The second kappa shape index (κ2) is 4.76. The maximum absolute atomic E-state index is 13.0. The van der Waals surface area contributed by atoms with Gasteiger partial charge < -0.3 is 5.32 Å². The SMILES string of the molecule is CCCNC1CCCN(C2(C(F)(F)F)CC2)C1. The molecule has 1 heterocycles. The van der Waals surface area contributed by atoms with Gasteiger partial charge in [0.1, 0.15) is 5.54 Å². The number of rotatable bonds is 4. The summed E-state index contributed by atoms with van der Waals surface area (Å²) in [7, 11) is 0. The highest BCUT2D eigenvalue weighted by atomic mass is 19.4. The van der Waals surface area contributed by atoms with E-state index in [1.807, 2.05) is 0 Å². The molecule has 5 heteroatoms. The normalized spacial score (nSPS) is 29.3. The van der Waals surface area contributed by atoms with Gasteiger partial charge in [-0.25, -0.2) is 0 Å². The largest absolute Gasteiger partial charge is 0.406 e. The summed E-state index contributed by atoms with van der Waals surface area (Å²) in [4.78, 5) is 1.67. The third kappa shape index (κ3) is 2.60. The minimum absolute atomic E-state index is 0.239. The Hall–Kier alpha value is -0.290. The van der Waals surface area contributed by atoms with Crippen LogP contribution in [0.3, 0.4) is 0 Å². The summed E-state index contributed by atoms with van der Waals surface area (Å²) in [6, 6.07) is 0.239. The van der Waals surface area contributed by atoms with Gasteiger partial charge in [0.15, 0.2) is 0 Å². The number of piperidine rings is 1. The molecule has 0 radical (unpaired) electrons. The number of alkyl halides is 3. The van der Waals surface area contributed by atoms with Crippen LogP contribution in [0.4, 0.5) is 13.2 Å². The lowest BCUT2D eigenvalue weighted by Crippen LogP contribution is -2.55. The molecule has 1 saturated carbocycles. The first-order chi connectivity index (χ1) is 7.99. The molecule has 0 aromatic heterocycles. The quantitative estimate of drug-likeness (QED) is 0.825. The molecule has 1 aliphatic heterocycles. The van der Waals surface area contributed by atoms with Gasteiger partial charge in [0.25, 0.3) is 0 Å². The van der Waals surface area contributed by atoms with Crippen LogP contribution >= 0.6 is 0 Å². The van der Waals surface area contributed by atoms with E-state index in [0.29, 0.717) is 13.1 Å². The van der Waals surface area contributed by atoms with Crippen molar-refractivity contribution >= 4 is 0 Å². The third-order valence-electron chi connectivity index (χ3n) is 3.96. The third-order valence-corrected chi connectivity index (χ3v) is 3.96. The summed E-state index contributed by atoms with van der Waals surface area (Å²) in [6.07, 6.45) is -0.571. The molecular formula is C12H21F3N2. The number of halogens is 3. The van der Waals surface area contributed by atoms with Gasteiger partial charge in [-0.1, -0.05) is 6.92 Å². The standard InChI is InChI=1S/C12H21F3N2/c1-2-7-16-10-4-3-8-17(9-10)11(5-6-11)12(13,14)15/h10,16H,2-9H2,1H3. The van der Waals surface area contributed by atoms with Crippen LogP contribution in [-0.4, -0.2) is 42.3 Å². The second-order valence-corrected chi connectivity index (χ2v) is 5.27. The lowest BCUT2D eigenvalue weighted by molar-refractivity contribution is -0.199. The lowest BCUT2D eigenvalue weighted by Gasteiger charge is -2.39. The van der Waals surface area contributed by atoms with Crippen molar-refractivity contribution in [2.24, 2.45) is 0 Å². The molecule has 2 rings (SSSR count). The molecule has 1 aliphatic carbocycles. The van der Waals surface area contributed by atoms with Gasteiger partial charge in [0.2, 0.25) is 0 Å². The molecule has 2 aliphatic rings. The molecule has 0 bridgehead atoms. The fourth-order valence-corrected chi connectivity index (χ4v) is 2.78. The highest BCUT2D eigenvalue weighted by Crippen LogP contribution is 2.54. The average molecular weight is 250 g/mol. The number of hydrogen-bond donors (Lipinski definition) is 1. The Labute approximate surface area is 101 Å². The van der Waals surface area contributed by atoms with Gasteiger partial charge in [-0.3, -0.25) is 4.90 Å². The summed E-state index contributed by atoms with van der Waals surface area (Å²) in [5, 5.41) is 3.34. The Morgan fingerprint density at radius 3 is 2.59 bits per heavy atom. The van der Waals surface area contributed by atoms with Gasteiger partial charge in [-0.2, -0.15) is 13.2 Å². The van der Waals surface area contributed by atoms with E-state index in [1.54, 1.807) is 4.90 Å². The van der Waals surface area contributed by atoms with E-state index >= 15 is 0 Å². The molecule has 2 nitrogen and oxygen atoms in total. The van der Waals surface area contributed by atoms with Crippen LogP contribution in [0.15, 0.2) is 0 Å². The van der Waals surface area contributed by atoms with Crippen LogP contribution < -0.4 is 5.32 Å². The summed E-state index contributed by atoms with van der Waals surface area (Å²) >= 11 is 0. The predicted octanol–water partition coefficient (Wildman–Crippen LogP) is 2.55. The molecule has 1 unspecified atom stereocenters. The van der Waals surface area contributed by atoms with E-state index in [9.17, 15) is 13.2 Å². The maximum Gasteiger partial charge on any atom is 0.406 e. The van der Waals surface area contributed by atoms with Gasteiger partial charge in [-0.05, 0) is 45.2 Å². The highest BCUT2D eigenvalue weighted by Gasteiger charge is 2.66. The first-order valence-electron chi connectivity index (χ1n) is 6.55. The van der Waals surface area contributed by atoms with Crippen LogP contribution in [-0.2, 0) is 0 Å². The Morgan fingerprint density at radius 1 is 1.35 bits per heavy atom. The van der Waals surface area contributed by atoms with E-state index in [0.717, 1.165) is 25.8 Å². The molecule has 0 spiro atoms. The zero-order valence-corrected chi connectivity index (χ0v) is 10.3. The molecule has 0 aromatic carbocycles. The highest BCUT2D eigenvalue weighted by molar-refractivity contribution is 5.10. The van der Waals surface area contributed by atoms with Crippen LogP contribution in [0.5, 0.6) is 0 Å². The van der Waals surface area contributed by atoms with Crippen molar-refractivity contribution in [3.63, 3.8) is 0 Å². The summed E-state index contributed by atoms with van der Waals surface area (Å²) < 4.78 is 39.0. The van der Waals surface area contributed by atoms with Crippen molar-refractivity contribution in [3.8, 4) is 0 Å². The first-order valence-corrected chi connectivity index (χ1v) is 6.55. The summed E-state index contributed by atoms with van der Waals surface area (Å²) in [5.74, 6) is 0. The first kappa shape index (κ1) is 13.1. The van der Waals surface area contributed by atoms with E-state index < -0.39 is 11.7 Å². The fourth-order valence-electron chi connectivity index (χ4n) is 2.78. The Bertz CT molecular complexity index is 261. The number of nitrogens with one attached hydrogen (secondary N) is 1. The van der Waals surface area contributed by atoms with Crippen molar-refractivity contribution in [3.05, 3.63) is 0 Å². The zero-order valence-electron chi connectivity index (χ0n) is 10.3. The Morgan fingerprint density at radius 2 is 2.06 bits per heavy atom.